The van der Waals surface area contributed by atoms with Gasteiger partial charge < -0.3 is 19.9 Å². The van der Waals surface area contributed by atoms with Crippen molar-refractivity contribution in [2.45, 2.75) is 12.8 Å². The predicted molar refractivity (Wildman–Crippen MR) is 105 cm³/mol. The maximum Gasteiger partial charge on any atom is 0.228 e. The van der Waals surface area contributed by atoms with Crippen molar-refractivity contribution >= 4 is 23.0 Å². The molecule has 0 saturated carbocycles. The largest absolute Gasteiger partial charge is 0.383 e. The van der Waals surface area contributed by atoms with Crippen molar-refractivity contribution in [1.82, 2.24) is 0 Å². The number of ether oxygens (including phenoxy) is 1. The Morgan fingerprint density at radius 1 is 0.962 bits per heavy atom. The summed E-state index contributed by atoms with van der Waals surface area (Å²) in [5.41, 5.74) is 4.62. The monoisotopic (exact) mass is 351 g/mol. The molecule has 2 aromatic carbocycles. The van der Waals surface area contributed by atoms with Crippen molar-refractivity contribution in [1.29, 1.82) is 0 Å². The predicted octanol–water partition coefficient (Wildman–Crippen LogP) is 2.91. The molecule has 4 rings (SSSR count). The summed E-state index contributed by atoms with van der Waals surface area (Å²) in [6.45, 7) is 4.77. The Hall–Kier alpha value is -2.53. The molecule has 1 saturated heterocycles. The summed E-state index contributed by atoms with van der Waals surface area (Å²) >= 11 is 0. The first kappa shape index (κ1) is 16.9. The highest BCUT2D eigenvalue weighted by Gasteiger charge is 2.23. The number of amides is 1. The highest BCUT2D eigenvalue weighted by atomic mass is 16.5. The second kappa shape index (κ2) is 7.79. The topological polar surface area (TPSA) is 44.8 Å². The van der Waals surface area contributed by atoms with Gasteiger partial charge in [-0.15, -0.1) is 0 Å². The summed E-state index contributed by atoms with van der Waals surface area (Å²) in [7, 11) is 0. The van der Waals surface area contributed by atoms with Crippen LogP contribution in [0.5, 0.6) is 0 Å². The van der Waals surface area contributed by atoms with Crippen LogP contribution in [0.1, 0.15) is 12.0 Å². The molecular formula is C21H25N3O2. The molecule has 0 aliphatic carbocycles. The van der Waals surface area contributed by atoms with Gasteiger partial charge in [0.05, 0.1) is 24.6 Å². The Morgan fingerprint density at radius 3 is 2.54 bits per heavy atom. The number of hydrogen-bond donors (Lipinski definition) is 1. The number of para-hydroxylation sites is 3. The second-order valence-electron chi connectivity index (χ2n) is 6.72. The zero-order valence-corrected chi connectivity index (χ0v) is 15.0. The summed E-state index contributed by atoms with van der Waals surface area (Å²) < 4.78 is 5.45. The van der Waals surface area contributed by atoms with Gasteiger partial charge in [0.25, 0.3) is 0 Å². The van der Waals surface area contributed by atoms with Crippen molar-refractivity contribution in [2.24, 2.45) is 0 Å². The fraction of sp³-hybridized carbons (Fsp3) is 0.381. The Labute approximate surface area is 154 Å². The van der Waals surface area contributed by atoms with Crippen molar-refractivity contribution in [3.63, 3.8) is 0 Å². The molecule has 26 heavy (non-hydrogen) atoms. The lowest BCUT2D eigenvalue weighted by Crippen LogP contribution is -2.36. The minimum atomic E-state index is 0.186. The van der Waals surface area contributed by atoms with E-state index in [1.165, 1.54) is 11.3 Å². The molecule has 0 bridgehead atoms. The number of carbonyl (C=O) groups excluding carboxylic acids is 1. The molecule has 5 heteroatoms. The second-order valence-corrected chi connectivity index (χ2v) is 6.72. The van der Waals surface area contributed by atoms with Crippen LogP contribution in [0.4, 0.5) is 17.1 Å². The van der Waals surface area contributed by atoms with E-state index in [1.807, 2.05) is 29.2 Å². The first-order chi connectivity index (χ1) is 12.8. The third-order valence-electron chi connectivity index (χ3n) is 5.10. The third kappa shape index (κ3) is 3.53. The maximum atomic E-state index is 12.6. The first-order valence-corrected chi connectivity index (χ1v) is 9.37. The number of morpholine rings is 1. The molecule has 0 aromatic heterocycles. The van der Waals surface area contributed by atoms with Gasteiger partial charge in [-0.1, -0.05) is 30.3 Å². The molecule has 136 valence electrons. The van der Waals surface area contributed by atoms with Crippen molar-refractivity contribution in [3.05, 3.63) is 54.1 Å². The fourth-order valence-corrected chi connectivity index (χ4v) is 3.74. The lowest BCUT2D eigenvalue weighted by Gasteiger charge is -2.30. The van der Waals surface area contributed by atoms with Crippen LogP contribution in [0.25, 0.3) is 0 Å². The number of nitrogens with one attached hydrogen (secondary N) is 1. The van der Waals surface area contributed by atoms with Crippen LogP contribution >= 0.6 is 0 Å². The smallest absolute Gasteiger partial charge is 0.228 e. The fourth-order valence-electron chi connectivity index (χ4n) is 3.74. The molecule has 0 spiro atoms. The average Bonchev–Trinajstić information content (AvgIpc) is 3.13. The summed E-state index contributed by atoms with van der Waals surface area (Å²) in [6, 6.07) is 16.5. The van der Waals surface area contributed by atoms with Crippen LogP contribution in [0.3, 0.4) is 0 Å². The Balaban J connectivity index is 1.36. The molecule has 0 radical (unpaired) electrons. The molecule has 2 aliphatic rings. The number of hydrogen-bond acceptors (Lipinski definition) is 4. The minimum Gasteiger partial charge on any atom is -0.383 e. The number of carbonyl (C=O) groups is 1. The van der Waals surface area contributed by atoms with Gasteiger partial charge in [0.2, 0.25) is 5.91 Å². The Morgan fingerprint density at radius 2 is 1.69 bits per heavy atom. The molecular weight excluding hydrogens is 326 g/mol. The normalized spacial score (nSPS) is 16.5. The van der Waals surface area contributed by atoms with E-state index in [0.717, 1.165) is 50.6 Å². The van der Waals surface area contributed by atoms with E-state index in [2.05, 4.69) is 34.5 Å². The zero-order valence-electron chi connectivity index (χ0n) is 15.0. The highest BCUT2D eigenvalue weighted by molar-refractivity contribution is 5.95. The molecule has 0 atom stereocenters. The first-order valence-electron chi connectivity index (χ1n) is 9.37. The van der Waals surface area contributed by atoms with E-state index in [9.17, 15) is 4.79 Å². The molecule has 0 unspecified atom stereocenters. The summed E-state index contributed by atoms with van der Waals surface area (Å²) in [5.74, 6) is 0.186. The van der Waals surface area contributed by atoms with E-state index < -0.39 is 0 Å². The molecule has 1 N–H and O–H groups in total. The van der Waals surface area contributed by atoms with Crippen molar-refractivity contribution < 1.29 is 9.53 Å². The van der Waals surface area contributed by atoms with E-state index in [4.69, 9.17) is 4.74 Å². The van der Waals surface area contributed by atoms with Crippen LogP contribution in [-0.4, -0.2) is 45.3 Å². The van der Waals surface area contributed by atoms with E-state index in [0.29, 0.717) is 13.0 Å². The Bertz CT molecular complexity index is 771. The summed E-state index contributed by atoms with van der Waals surface area (Å²) in [5, 5.41) is 3.46. The maximum absolute atomic E-state index is 12.6. The van der Waals surface area contributed by atoms with Gasteiger partial charge >= 0.3 is 0 Å². The number of anilines is 3. The molecule has 2 aromatic rings. The van der Waals surface area contributed by atoms with Gasteiger partial charge in [0, 0.05) is 38.3 Å². The molecule has 1 amide bonds. The molecule has 2 heterocycles. The van der Waals surface area contributed by atoms with Crippen LogP contribution in [0.15, 0.2) is 48.5 Å². The van der Waals surface area contributed by atoms with Gasteiger partial charge in [0.15, 0.2) is 0 Å². The third-order valence-corrected chi connectivity index (χ3v) is 5.10. The number of fused-ring (bicyclic) bond motifs is 1. The van der Waals surface area contributed by atoms with Crippen molar-refractivity contribution in [3.8, 4) is 0 Å². The average molecular weight is 351 g/mol. The highest BCUT2D eigenvalue weighted by Crippen LogP contribution is 2.29. The number of rotatable bonds is 5. The standard InChI is InChI=1S/C21H25N3O2/c25-21(24-12-10-17-5-1-3-7-19(17)24)9-11-22-18-6-2-4-8-20(18)23-13-15-26-16-14-23/h1-8,22H,9-16H2. The van der Waals surface area contributed by atoms with Crippen LogP contribution in [0.2, 0.25) is 0 Å². The van der Waals surface area contributed by atoms with Crippen LogP contribution in [0, 0.1) is 0 Å². The Kier molecular flexibility index (Phi) is 5.07. The molecule has 2 aliphatic heterocycles. The van der Waals surface area contributed by atoms with E-state index in [1.54, 1.807) is 0 Å². The summed E-state index contributed by atoms with van der Waals surface area (Å²) in [6.07, 6.45) is 1.45. The SMILES string of the molecule is O=C(CCNc1ccccc1N1CCOCC1)N1CCc2ccccc21. The molecule has 1 fully saturated rings. The van der Waals surface area contributed by atoms with Gasteiger partial charge in [-0.3, -0.25) is 4.79 Å². The number of nitrogens with zero attached hydrogens (tertiary/aromatic N) is 2. The van der Waals surface area contributed by atoms with E-state index >= 15 is 0 Å². The quantitative estimate of drug-likeness (QED) is 0.900. The van der Waals surface area contributed by atoms with Gasteiger partial charge in [0.1, 0.15) is 0 Å². The summed E-state index contributed by atoms with van der Waals surface area (Å²) in [4.78, 5) is 16.9. The van der Waals surface area contributed by atoms with Crippen LogP contribution in [-0.2, 0) is 16.0 Å². The van der Waals surface area contributed by atoms with Gasteiger partial charge in [-0.2, -0.15) is 0 Å². The van der Waals surface area contributed by atoms with Gasteiger partial charge in [-0.05, 0) is 30.2 Å². The zero-order chi connectivity index (χ0) is 17.8. The van der Waals surface area contributed by atoms with Crippen molar-refractivity contribution in [2.75, 3.05) is 54.5 Å². The van der Waals surface area contributed by atoms with Gasteiger partial charge in [-0.25, -0.2) is 0 Å². The lowest BCUT2D eigenvalue weighted by atomic mass is 10.2. The number of benzene rings is 2. The van der Waals surface area contributed by atoms with Crippen LogP contribution < -0.4 is 15.1 Å². The molecule has 5 nitrogen and oxygen atoms in total. The van der Waals surface area contributed by atoms with E-state index in [-0.39, 0.29) is 5.91 Å². The lowest BCUT2D eigenvalue weighted by molar-refractivity contribution is -0.118. The minimum absolute atomic E-state index is 0.186.